The number of aliphatic hydroxyl groups is 2. The summed E-state index contributed by atoms with van der Waals surface area (Å²) in [6.07, 6.45) is -3.58. The van der Waals surface area contributed by atoms with E-state index in [2.05, 4.69) is 4.74 Å². The smallest absolute Gasteiger partial charge is 0.337 e. The number of nitrogens with zero attached hydrogens (tertiary/aromatic N) is 1. The Labute approximate surface area is 109 Å². The van der Waals surface area contributed by atoms with Crippen molar-refractivity contribution >= 4 is 11.7 Å². The Morgan fingerprint density at radius 1 is 1.37 bits per heavy atom. The number of hydrogen-bond donors (Lipinski definition) is 2. The van der Waals surface area contributed by atoms with Crippen LogP contribution in [0.1, 0.15) is 22.8 Å². The van der Waals surface area contributed by atoms with E-state index in [1.165, 1.54) is 6.07 Å². The molecule has 0 saturated heterocycles. The zero-order valence-corrected chi connectivity index (χ0v) is 10.8. The highest BCUT2D eigenvalue weighted by molar-refractivity contribution is 5.75. The lowest BCUT2D eigenvalue weighted by Crippen LogP contribution is -2.30. The number of carbonyl (C=O) groups excluding carboxylic acids is 1. The van der Waals surface area contributed by atoms with Gasteiger partial charge < -0.3 is 14.9 Å². The molecule has 2 N–H and O–H groups in total. The predicted molar refractivity (Wildman–Crippen MR) is 65.6 cm³/mol. The van der Waals surface area contributed by atoms with E-state index < -0.39 is 23.1 Å². The maximum atomic E-state index is 11.2. The lowest BCUT2D eigenvalue weighted by atomic mass is 9.95. The topological polar surface area (TPSA) is 110 Å². The molecule has 0 heterocycles. The quantitative estimate of drug-likeness (QED) is 0.475. The van der Waals surface area contributed by atoms with Crippen LogP contribution < -0.4 is 0 Å². The maximum Gasteiger partial charge on any atom is 0.337 e. The predicted octanol–water partition coefficient (Wildman–Crippen LogP) is 0.779. The standard InChI is InChI=1S/C12H15NO6/c1-6-4-7(2)9(8(5-6)13(17)18)10(14)11(15)12(16)19-3/h4-5,10-11,14-15H,1-3H3. The minimum Gasteiger partial charge on any atom is -0.467 e. The van der Waals surface area contributed by atoms with Crippen LogP contribution in [0.25, 0.3) is 0 Å². The Morgan fingerprint density at radius 2 is 1.95 bits per heavy atom. The molecule has 0 amide bonds. The van der Waals surface area contributed by atoms with Crippen LogP contribution in [0, 0.1) is 24.0 Å². The summed E-state index contributed by atoms with van der Waals surface area (Å²) in [4.78, 5) is 21.5. The molecule has 7 nitrogen and oxygen atoms in total. The van der Waals surface area contributed by atoms with Crippen molar-refractivity contribution in [3.8, 4) is 0 Å². The van der Waals surface area contributed by atoms with Crippen LogP contribution in [0.3, 0.4) is 0 Å². The van der Waals surface area contributed by atoms with Gasteiger partial charge in [0.25, 0.3) is 5.69 Å². The first-order valence-corrected chi connectivity index (χ1v) is 5.49. The molecule has 1 rings (SSSR count). The van der Waals surface area contributed by atoms with Gasteiger partial charge in [0.1, 0.15) is 6.10 Å². The zero-order valence-electron chi connectivity index (χ0n) is 10.8. The average Bonchev–Trinajstić information content (AvgIpc) is 2.35. The highest BCUT2D eigenvalue weighted by Gasteiger charge is 2.33. The summed E-state index contributed by atoms with van der Waals surface area (Å²) < 4.78 is 4.30. The van der Waals surface area contributed by atoms with Crippen LogP contribution in [0.5, 0.6) is 0 Å². The molecule has 0 fully saturated rings. The van der Waals surface area contributed by atoms with E-state index >= 15 is 0 Å². The van der Waals surface area contributed by atoms with Gasteiger partial charge in [-0.2, -0.15) is 0 Å². The molecule has 0 aliphatic rings. The van der Waals surface area contributed by atoms with Crippen molar-refractivity contribution in [2.24, 2.45) is 0 Å². The first-order chi connectivity index (χ1) is 8.79. The van der Waals surface area contributed by atoms with Gasteiger partial charge in [0.05, 0.1) is 17.6 Å². The van der Waals surface area contributed by atoms with Crippen LogP contribution >= 0.6 is 0 Å². The molecule has 0 radical (unpaired) electrons. The minimum atomic E-state index is -1.87. The molecule has 0 bridgehead atoms. The summed E-state index contributed by atoms with van der Waals surface area (Å²) in [6, 6.07) is 2.89. The van der Waals surface area contributed by atoms with Gasteiger partial charge in [-0.05, 0) is 25.0 Å². The van der Waals surface area contributed by atoms with Gasteiger partial charge >= 0.3 is 5.97 Å². The second-order valence-electron chi connectivity index (χ2n) is 4.18. The number of aryl methyl sites for hydroxylation is 2. The van der Waals surface area contributed by atoms with Gasteiger partial charge in [0.15, 0.2) is 6.10 Å². The molecule has 0 aromatic heterocycles. The monoisotopic (exact) mass is 269 g/mol. The van der Waals surface area contributed by atoms with Gasteiger partial charge in [0, 0.05) is 6.07 Å². The highest BCUT2D eigenvalue weighted by atomic mass is 16.6. The van der Waals surface area contributed by atoms with Crippen molar-refractivity contribution in [1.82, 2.24) is 0 Å². The largest absolute Gasteiger partial charge is 0.467 e. The third-order valence-corrected chi connectivity index (χ3v) is 2.74. The number of carbonyl (C=O) groups is 1. The summed E-state index contributed by atoms with van der Waals surface area (Å²) in [7, 11) is 1.05. The number of benzene rings is 1. The Kier molecular flexibility index (Phi) is 4.57. The number of nitro groups is 1. The molecule has 2 unspecified atom stereocenters. The molecule has 0 aliphatic heterocycles. The fourth-order valence-corrected chi connectivity index (χ4v) is 1.90. The summed E-state index contributed by atoms with van der Waals surface area (Å²) in [5.74, 6) is -1.05. The van der Waals surface area contributed by atoms with Crippen molar-refractivity contribution in [1.29, 1.82) is 0 Å². The second-order valence-corrected chi connectivity index (χ2v) is 4.18. The van der Waals surface area contributed by atoms with E-state index in [1.54, 1.807) is 19.9 Å². The second kappa shape index (κ2) is 5.77. The fraction of sp³-hybridized carbons (Fsp3) is 0.417. The zero-order chi connectivity index (χ0) is 14.7. The first-order valence-electron chi connectivity index (χ1n) is 5.49. The third-order valence-electron chi connectivity index (χ3n) is 2.74. The number of hydrogen-bond acceptors (Lipinski definition) is 6. The molecule has 0 aliphatic carbocycles. The van der Waals surface area contributed by atoms with Crippen LogP contribution in [0.15, 0.2) is 12.1 Å². The number of aliphatic hydroxyl groups excluding tert-OH is 2. The SMILES string of the molecule is COC(=O)C(O)C(O)c1c(C)cc(C)cc1[N+](=O)[O-]. The summed E-state index contributed by atoms with van der Waals surface area (Å²) in [5, 5.41) is 30.5. The molecule has 104 valence electrons. The number of nitro benzene ring substituents is 1. The average molecular weight is 269 g/mol. The van der Waals surface area contributed by atoms with Crippen LogP contribution in [0.4, 0.5) is 5.69 Å². The van der Waals surface area contributed by atoms with Gasteiger partial charge in [-0.25, -0.2) is 4.79 Å². The molecular weight excluding hydrogens is 254 g/mol. The van der Waals surface area contributed by atoms with Crippen molar-refractivity contribution in [2.75, 3.05) is 7.11 Å². The number of ether oxygens (including phenoxy) is 1. The summed E-state index contributed by atoms with van der Waals surface area (Å²) in [6.45, 7) is 3.23. The van der Waals surface area contributed by atoms with Crippen molar-refractivity contribution < 1.29 is 24.7 Å². The van der Waals surface area contributed by atoms with Crippen LogP contribution in [-0.2, 0) is 9.53 Å². The Bertz CT molecular complexity index is 513. The van der Waals surface area contributed by atoms with Crippen LogP contribution in [0.2, 0.25) is 0 Å². The molecule has 2 atom stereocenters. The summed E-state index contributed by atoms with van der Waals surface area (Å²) in [5.41, 5.74) is 0.635. The summed E-state index contributed by atoms with van der Waals surface area (Å²) >= 11 is 0. The molecule has 0 spiro atoms. The highest BCUT2D eigenvalue weighted by Crippen LogP contribution is 2.31. The Balaban J connectivity index is 3.33. The maximum absolute atomic E-state index is 11.2. The number of methoxy groups -OCH3 is 1. The Hall–Kier alpha value is -1.99. The molecular formula is C12H15NO6. The van der Waals surface area contributed by atoms with Crippen molar-refractivity contribution in [3.05, 3.63) is 38.9 Å². The van der Waals surface area contributed by atoms with E-state index in [0.717, 1.165) is 7.11 Å². The van der Waals surface area contributed by atoms with E-state index in [4.69, 9.17) is 0 Å². The lowest BCUT2D eigenvalue weighted by Gasteiger charge is -2.18. The minimum absolute atomic E-state index is 0.0894. The first kappa shape index (κ1) is 15.1. The third kappa shape index (κ3) is 3.07. The molecule has 1 aromatic carbocycles. The Morgan fingerprint density at radius 3 is 2.42 bits per heavy atom. The molecule has 0 saturated carbocycles. The van der Waals surface area contributed by atoms with E-state index in [0.29, 0.717) is 11.1 Å². The van der Waals surface area contributed by atoms with Crippen molar-refractivity contribution in [3.63, 3.8) is 0 Å². The number of esters is 1. The van der Waals surface area contributed by atoms with Gasteiger partial charge in [-0.1, -0.05) is 6.07 Å². The van der Waals surface area contributed by atoms with Crippen molar-refractivity contribution in [2.45, 2.75) is 26.1 Å². The molecule has 19 heavy (non-hydrogen) atoms. The lowest BCUT2D eigenvalue weighted by molar-refractivity contribution is -0.386. The number of rotatable bonds is 4. The molecule has 1 aromatic rings. The van der Waals surface area contributed by atoms with E-state index in [9.17, 15) is 25.1 Å². The van der Waals surface area contributed by atoms with Gasteiger partial charge in [-0.3, -0.25) is 10.1 Å². The van der Waals surface area contributed by atoms with Gasteiger partial charge in [-0.15, -0.1) is 0 Å². The fourth-order valence-electron chi connectivity index (χ4n) is 1.90. The molecule has 7 heteroatoms. The van der Waals surface area contributed by atoms with E-state index in [1.807, 2.05) is 0 Å². The normalized spacial score (nSPS) is 13.7. The van der Waals surface area contributed by atoms with Gasteiger partial charge in [0.2, 0.25) is 0 Å². The van der Waals surface area contributed by atoms with E-state index in [-0.39, 0.29) is 11.3 Å². The van der Waals surface area contributed by atoms with Crippen LogP contribution in [-0.4, -0.2) is 34.3 Å².